The standard InChI is InChI=1S/C17H30O4/c1-3-5-7-8-9-11-15-21-17(19)13-12-16(18)20-14-10-6-4-2/h12-13H,3-11,14-15H2,1-2H3/b13-12+. The van der Waals surface area contributed by atoms with Gasteiger partial charge in [0.1, 0.15) is 0 Å². The highest BCUT2D eigenvalue weighted by molar-refractivity contribution is 5.91. The molecule has 0 aliphatic rings. The van der Waals surface area contributed by atoms with Gasteiger partial charge in [-0.3, -0.25) is 0 Å². The van der Waals surface area contributed by atoms with Crippen LogP contribution in [0.5, 0.6) is 0 Å². The molecule has 0 N–H and O–H groups in total. The van der Waals surface area contributed by atoms with Crippen LogP contribution in [0.15, 0.2) is 12.2 Å². The summed E-state index contributed by atoms with van der Waals surface area (Å²) in [7, 11) is 0. The zero-order valence-electron chi connectivity index (χ0n) is 13.6. The second kappa shape index (κ2) is 15.1. The predicted octanol–water partition coefficient (Wildman–Crippen LogP) is 4.18. The fourth-order valence-electron chi connectivity index (χ4n) is 1.81. The lowest BCUT2D eigenvalue weighted by Gasteiger charge is -2.02. The first-order valence-corrected chi connectivity index (χ1v) is 8.22. The zero-order valence-corrected chi connectivity index (χ0v) is 13.6. The molecular weight excluding hydrogens is 268 g/mol. The third-order valence-electron chi connectivity index (χ3n) is 3.09. The average Bonchev–Trinajstić information content (AvgIpc) is 2.48. The van der Waals surface area contributed by atoms with Crippen molar-refractivity contribution < 1.29 is 19.1 Å². The molecule has 4 nitrogen and oxygen atoms in total. The smallest absolute Gasteiger partial charge is 0.331 e. The van der Waals surface area contributed by atoms with Gasteiger partial charge in [0.15, 0.2) is 0 Å². The molecule has 0 saturated heterocycles. The maximum atomic E-state index is 11.3. The first-order chi connectivity index (χ1) is 10.2. The van der Waals surface area contributed by atoms with Gasteiger partial charge >= 0.3 is 11.9 Å². The summed E-state index contributed by atoms with van der Waals surface area (Å²) >= 11 is 0. The van der Waals surface area contributed by atoms with E-state index in [4.69, 9.17) is 9.47 Å². The van der Waals surface area contributed by atoms with E-state index in [1.807, 2.05) is 0 Å². The Morgan fingerprint density at radius 3 is 1.57 bits per heavy atom. The largest absolute Gasteiger partial charge is 0.463 e. The second-order valence-corrected chi connectivity index (χ2v) is 5.14. The molecule has 0 amide bonds. The number of hydrogen-bond donors (Lipinski definition) is 0. The maximum absolute atomic E-state index is 11.3. The highest BCUT2D eigenvalue weighted by Crippen LogP contribution is 2.05. The quantitative estimate of drug-likeness (QED) is 0.291. The first-order valence-electron chi connectivity index (χ1n) is 8.22. The summed E-state index contributed by atoms with van der Waals surface area (Å²) in [5, 5.41) is 0. The lowest BCUT2D eigenvalue weighted by Crippen LogP contribution is -2.06. The van der Waals surface area contributed by atoms with Crippen molar-refractivity contribution in [3.63, 3.8) is 0 Å². The zero-order chi connectivity index (χ0) is 15.8. The second-order valence-electron chi connectivity index (χ2n) is 5.14. The molecule has 0 spiro atoms. The summed E-state index contributed by atoms with van der Waals surface area (Å²) in [6, 6.07) is 0. The predicted molar refractivity (Wildman–Crippen MR) is 84.0 cm³/mol. The van der Waals surface area contributed by atoms with E-state index in [1.54, 1.807) is 0 Å². The molecule has 0 bridgehead atoms. The monoisotopic (exact) mass is 298 g/mol. The molecule has 0 fully saturated rings. The third-order valence-corrected chi connectivity index (χ3v) is 3.09. The molecule has 0 rings (SSSR count). The number of hydrogen-bond acceptors (Lipinski definition) is 4. The Bertz CT molecular complexity index is 297. The summed E-state index contributed by atoms with van der Waals surface area (Å²) in [5.41, 5.74) is 0. The lowest BCUT2D eigenvalue weighted by atomic mass is 10.1. The third kappa shape index (κ3) is 14.9. The molecule has 0 heterocycles. The Hall–Kier alpha value is -1.32. The average molecular weight is 298 g/mol. The molecule has 0 atom stereocenters. The van der Waals surface area contributed by atoms with Crippen molar-refractivity contribution in [2.24, 2.45) is 0 Å². The first kappa shape index (κ1) is 19.7. The molecule has 4 heteroatoms. The molecule has 0 radical (unpaired) electrons. The summed E-state index contributed by atoms with van der Waals surface area (Å²) in [6.45, 7) is 5.09. The molecule has 0 aromatic carbocycles. The van der Waals surface area contributed by atoms with E-state index >= 15 is 0 Å². The van der Waals surface area contributed by atoms with Crippen molar-refractivity contribution in [1.82, 2.24) is 0 Å². The minimum atomic E-state index is -0.484. The van der Waals surface area contributed by atoms with Crippen molar-refractivity contribution in [3.05, 3.63) is 12.2 Å². The topological polar surface area (TPSA) is 52.6 Å². The number of ether oxygens (including phenoxy) is 2. The van der Waals surface area contributed by atoms with E-state index in [1.165, 1.54) is 25.7 Å². The van der Waals surface area contributed by atoms with E-state index in [9.17, 15) is 9.59 Å². The van der Waals surface area contributed by atoms with Gasteiger partial charge in [-0.25, -0.2) is 9.59 Å². The summed E-state index contributed by atoms with van der Waals surface area (Å²) in [6.07, 6.45) is 12.1. The highest BCUT2D eigenvalue weighted by atomic mass is 16.5. The van der Waals surface area contributed by atoms with Crippen LogP contribution >= 0.6 is 0 Å². The summed E-state index contributed by atoms with van der Waals surface area (Å²) in [4.78, 5) is 22.6. The van der Waals surface area contributed by atoms with Crippen LogP contribution in [0.25, 0.3) is 0 Å². The number of rotatable bonds is 13. The van der Waals surface area contributed by atoms with Gasteiger partial charge in [-0.15, -0.1) is 0 Å². The molecule has 21 heavy (non-hydrogen) atoms. The van der Waals surface area contributed by atoms with E-state index in [0.717, 1.165) is 44.3 Å². The van der Waals surface area contributed by atoms with Crippen LogP contribution in [0, 0.1) is 0 Å². The van der Waals surface area contributed by atoms with Crippen LogP contribution in [-0.4, -0.2) is 25.2 Å². The van der Waals surface area contributed by atoms with Crippen LogP contribution in [0.2, 0.25) is 0 Å². The Morgan fingerprint density at radius 1 is 0.667 bits per heavy atom. The summed E-state index contributed by atoms with van der Waals surface area (Å²) < 4.78 is 9.95. The van der Waals surface area contributed by atoms with Crippen molar-refractivity contribution >= 4 is 11.9 Å². The molecule has 0 saturated carbocycles. The Balaban J connectivity index is 3.50. The SMILES string of the molecule is CCCCCCCCOC(=O)/C=C/C(=O)OCCCCC. The molecule has 122 valence electrons. The van der Waals surface area contributed by atoms with Crippen LogP contribution in [-0.2, 0) is 19.1 Å². The van der Waals surface area contributed by atoms with Crippen LogP contribution in [0.4, 0.5) is 0 Å². The van der Waals surface area contributed by atoms with Gasteiger partial charge in [-0.1, -0.05) is 58.8 Å². The number of carbonyl (C=O) groups excluding carboxylic acids is 2. The van der Waals surface area contributed by atoms with E-state index < -0.39 is 11.9 Å². The van der Waals surface area contributed by atoms with Gasteiger partial charge in [-0.2, -0.15) is 0 Å². The van der Waals surface area contributed by atoms with E-state index in [-0.39, 0.29) is 0 Å². The van der Waals surface area contributed by atoms with Crippen molar-refractivity contribution in [2.75, 3.05) is 13.2 Å². The lowest BCUT2D eigenvalue weighted by molar-refractivity contribution is -0.140. The maximum Gasteiger partial charge on any atom is 0.331 e. The van der Waals surface area contributed by atoms with Gasteiger partial charge in [0.2, 0.25) is 0 Å². The minimum absolute atomic E-state index is 0.407. The van der Waals surface area contributed by atoms with Crippen molar-refractivity contribution in [3.8, 4) is 0 Å². The van der Waals surface area contributed by atoms with Crippen LogP contribution in [0.1, 0.15) is 71.6 Å². The molecule has 0 aromatic rings. The Kier molecular flexibility index (Phi) is 14.1. The molecule has 0 aromatic heterocycles. The number of carbonyl (C=O) groups is 2. The fraction of sp³-hybridized carbons (Fsp3) is 0.765. The van der Waals surface area contributed by atoms with Gasteiger partial charge < -0.3 is 9.47 Å². The van der Waals surface area contributed by atoms with Crippen molar-refractivity contribution in [2.45, 2.75) is 71.6 Å². The van der Waals surface area contributed by atoms with Crippen molar-refractivity contribution in [1.29, 1.82) is 0 Å². The number of unbranched alkanes of at least 4 members (excludes halogenated alkanes) is 7. The van der Waals surface area contributed by atoms with Gasteiger partial charge in [0, 0.05) is 12.2 Å². The van der Waals surface area contributed by atoms with Gasteiger partial charge in [-0.05, 0) is 12.8 Å². The minimum Gasteiger partial charge on any atom is -0.463 e. The molecule has 0 unspecified atom stereocenters. The van der Waals surface area contributed by atoms with Gasteiger partial charge in [0.25, 0.3) is 0 Å². The summed E-state index contributed by atoms with van der Waals surface area (Å²) in [5.74, 6) is -0.961. The molecule has 0 aliphatic heterocycles. The molecular formula is C17H30O4. The number of esters is 2. The van der Waals surface area contributed by atoms with E-state index in [2.05, 4.69) is 13.8 Å². The normalized spacial score (nSPS) is 10.8. The van der Waals surface area contributed by atoms with Crippen LogP contribution < -0.4 is 0 Å². The van der Waals surface area contributed by atoms with Crippen LogP contribution in [0.3, 0.4) is 0 Å². The fourth-order valence-corrected chi connectivity index (χ4v) is 1.81. The molecule has 0 aliphatic carbocycles. The Morgan fingerprint density at radius 2 is 1.05 bits per heavy atom. The van der Waals surface area contributed by atoms with Gasteiger partial charge in [0.05, 0.1) is 13.2 Å². The Labute approximate surface area is 128 Å². The van der Waals surface area contributed by atoms with E-state index in [0.29, 0.717) is 13.2 Å². The highest BCUT2D eigenvalue weighted by Gasteiger charge is 2.01.